The summed E-state index contributed by atoms with van der Waals surface area (Å²) in [5.74, 6) is -0.389. The minimum atomic E-state index is -0.542. The summed E-state index contributed by atoms with van der Waals surface area (Å²) in [6.45, 7) is 1.54. The van der Waals surface area contributed by atoms with Gasteiger partial charge in [0.1, 0.15) is 11.9 Å². The molecule has 0 spiro atoms. The van der Waals surface area contributed by atoms with E-state index in [-0.39, 0.29) is 11.9 Å². The van der Waals surface area contributed by atoms with Gasteiger partial charge in [-0.3, -0.25) is 5.32 Å². The van der Waals surface area contributed by atoms with E-state index in [1.54, 1.807) is 6.07 Å². The van der Waals surface area contributed by atoms with Crippen LogP contribution in [0.1, 0.15) is 6.42 Å². The maximum Gasteiger partial charge on any atom is 0.411 e. The van der Waals surface area contributed by atoms with Crippen LogP contribution >= 0.6 is 0 Å². The predicted octanol–water partition coefficient (Wildman–Crippen LogP) is 1.74. The first-order valence-corrected chi connectivity index (χ1v) is 5.18. The first kappa shape index (κ1) is 10.9. The van der Waals surface area contributed by atoms with E-state index in [1.165, 1.54) is 18.2 Å². The number of carbonyl (C=O) groups excluding carboxylic acids is 1. The average Bonchev–Trinajstić information content (AvgIpc) is 2.70. The zero-order chi connectivity index (χ0) is 11.4. The summed E-state index contributed by atoms with van der Waals surface area (Å²) in [5.41, 5.74) is 0.399. The molecule has 1 aromatic carbocycles. The molecule has 1 heterocycles. The van der Waals surface area contributed by atoms with Crippen LogP contribution < -0.4 is 10.6 Å². The van der Waals surface area contributed by atoms with Crippen LogP contribution in [0.2, 0.25) is 0 Å². The van der Waals surface area contributed by atoms with Crippen molar-refractivity contribution in [3.05, 3.63) is 30.1 Å². The maximum atomic E-state index is 12.8. The number of anilines is 1. The fourth-order valence-electron chi connectivity index (χ4n) is 1.59. The number of amides is 1. The summed E-state index contributed by atoms with van der Waals surface area (Å²) in [7, 11) is 0. The zero-order valence-electron chi connectivity index (χ0n) is 8.70. The molecule has 1 aliphatic rings. The first-order chi connectivity index (χ1) is 7.74. The molecule has 1 unspecified atom stereocenters. The average molecular weight is 224 g/mol. The largest absolute Gasteiger partial charge is 0.445 e. The Morgan fingerprint density at radius 3 is 3.12 bits per heavy atom. The number of hydrogen-bond acceptors (Lipinski definition) is 3. The van der Waals surface area contributed by atoms with Crippen molar-refractivity contribution in [3.8, 4) is 0 Å². The molecule has 1 aromatic rings. The summed E-state index contributed by atoms with van der Waals surface area (Å²) in [6, 6.07) is 5.70. The van der Waals surface area contributed by atoms with Gasteiger partial charge in [0.2, 0.25) is 0 Å². The summed E-state index contributed by atoms with van der Waals surface area (Å²) in [4.78, 5) is 11.4. The summed E-state index contributed by atoms with van der Waals surface area (Å²) in [5, 5.41) is 5.57. The van der Waals surface area contributed by atoms with Crippen molar-refractivity contribution < 1.29 is 13.9 Å². The summed E-state index contributed by atoms with van der Waals surface area (Å²) < 4.78 is 17.9. The van der Waals surface area contributed by atoms with Gasteiger partial charge in [-0.05, 0) is 31.2 Å². The second-order valence-corrected chi connectivity index (χ2v) is 3.66. The Kier molecular flexibility index (Phi) is 3.36. The number of nitrogens with one attached hydrogen (secondary N) is 2. The van der Waals surface area contributed by atoms with Gasteiger partial charge in [-0.1, -0.05) is 6.07 Å². The Hall–Kier alpha value is -1.62. The van der Waals surface area contributed by atoms with Gasteiger partial charge in [0, 0.05) is 12.2 Å². The Morgan fingerprint density at radius 1 is 1.56 bits per heavy atom. The number of ether oxygens (including phenoxy) is 1. The van der Waals surface area contributed by atoms with Gasteiger partial charge in [0.25, 0.3) is 0 Å². The lowest BCUT2D eigenvalue weighted by Gasteiger charge is -2.11. The van der Waals surface area contributed by atoms with Gasteiger partial charge < -0.3 is 10.1 Å². The third kappa shape index (κ3) is 2.93. The molecule has 0 aromatic heterocycles. The monoisotopic (exact) mass is 224 g/mol. The molecule has 0 saturated carbocycles. The molecule has 0 radical (unpaired) electrons. The Morgan fingerprint density at radius 2 is 2.44 bits per heavy atom. The standard InChI is InChI=1S/C11H13FN2O2/c12-8-2-1-3-9(6-8)14-11(15)16-10-4-5-13-7-10/h1-3,6,10,13H,4-5,7H2,(H,14,15). The van der Waals surface area contributed by atoms with Crippen molar-refractivity contribution >= 4 is 11.8 Å². The molecule has 2 rings (SSSR count). The lowest BCUT2D eigenvalue weighted by molar-refractivity contribution is 0.121. The van der Waals surface area contributed by atoms with Crippen molar-refractivity contribution in [3.63, 3.8) is 0 Å². The normalized spacial score (nSPS) is 19.4. The summed E-state index contributed by atoms with van der Waals surface area (Å²) >= 11 is 0. The van der Waals surface area contributed by atoms with Crippen molar-refractivity contribution in [1.29, 1.82) is 0 Å². The molecule has 1 fully saturated rings. The van der Waals surface area contributed by atoms with Crippen LogP contribution in [0.5, 0.6) is 0 Å². The number of rotatable bonds is 2. The van der Waals surface area contributed by atoms with Gasteiger partial charge >= 0.3 is 6.09 Å². The van der Waals surface area contributed by atoms with Gasteiger partial charge in [-0.25, -0.2) is 9.18 Å². The van der Waals surface area contributed by atoms with E-state index in [9.17, 15) is 9.18 Å². The highest BCUT2D eigenvalue weighted by Gasteiger charge is 2.18. The van der Waals surface area contributed by atoms with Crippen LogP contribution in [-0.2, 0) is 4.74 Å². The molecule has 86 valence electrons. The topological polar surface area (TPSA) is 50.4 Å². The highest BCUT2D eigenvalue weighted by molar-refractivity contribution is 5.84. The molecule has 1 amide bonds. The van der Waals surface area contributed by atoms with Crippen molar-refractivity contribution in [2.45, 2.75) is 12.5 Å². The van der Waals surface area contributed by atoms with Gasteiger partial charge in [-0.15, -0.1) is 0 Å². The van der Waals surface area contributed by atoms with Crippen LogP contribution in [0.25, 0.3) is 0 Å². The third-order valence-corrected chi connectivity index (χ3v) is 2.36. The molecule has 16 heavy (non-hydrogen) atoms. The quantitative estimate of drug-likeness (QED) is 0.804. The van der Waals surface area contributed by atoms with Crippen molar-refractivity contribution in [1.82, 2.24) is 5.32 Å². The predicted molar refractivity (Wildman–Crippen MR) is 57.8 cm³/mol. The highest BCUT2D eigenvalue weighted by atomic mass is 19.1. The molecule has 0 bridgehead atoms. The van der Waals surface area contributed by atoms with E-state index >= 15 is 0 Å². The second kappa shape index (κ2) is 4.94. The fourth-order valence-corrected chi connectivity index (χ4v) is 1.59. The molecule has 4 nitrogen and oxygen atoms in total. The van der Waals surface area contributed by atoms with E-state index in [4.69, 9.17) is 4.74 Å². The third-order valence-electron chi connectivity index (χ3n) is 2.36. The molecule has 1 saturated heterocycles. The lowest BCUT2D eigenvalue weighted by Crippen LogP contribution is -2.24. The van der Waals surface area contributed by atoms with Crippen molar-refractivity contribution in [2.75, 3.05) is 18.4 Å². The highest BCUT2D eigenvalue weighted by Crippen LogP contribution is 2.11. The number of hydrogen-bond donors (Lipinski definition) is 2. The van der Waals surface area contributed by atoms with E-state index in [0.29, 0.717) is 12.2 Å². The van der Waals surface area contributed by atoms with E-state index in [0.717, 1.165) is 13.0 Å². The number of carbonyl (C=O) groups is 1. The fraction of sp³-hybridized carbons (Fsp3) is 0.364. The summed E-state index contributed by atoms with van der Waals surface area (Å²) in [6.07, 6.45) is 0.184. The molecule has 1 aliphatic heterocycles. The molecular weight excluding hydrogens is 211 g/mol. The minimum absolute atomic E-state index is 0.0893. The Labute approximate surface area is 92.8 Å². The Balaban J connectivity index is 1.86. The van der Waals surface area contributed by atoms with Gasteiger partial charge in [0.15, 0.2) is 0 Å². The molecule has 1 atom stereocenters. The van der Waals surface area contributed by atoms with E-state index in [1.807, 2.05) is 0 Å². The maximum absolute atomic E-state index is 12.8. The molecule has 2 N–H and O–H groups in total. The van der Waals surface area contributed by atoms with Gasteiger partial charge in [0.05, 0.1) is 0 Å². The minimum Gasteiger partial charge on any atom is -0.445 e. The lowest BCUT2D eigenvalue weighted by atomic mass is 10.3. The number of benzene rings is 1. The molecule has 0 aliphatic carbocycles. The molecular formula is C11H13FN2O2. The first-order valence-electron chi connectivity index (χ1n) is 5.18. The second-order valence-electron chi connectivity index (χ2n) is 3.66. The number of halogens is 1. The molecule has 5 heteroatoms. The van der Waals surface area contributed by atoms with E-state index in [2.05, 4.69) is 10.6 Å². The van der Waals surface area contributed by atoms with Crippen molar-refractivity contribution in [2.24, 2.45) is 0 Å². The Bertz CT molecular complexity index is 378. The smallest absolute Gasteiger partial charge is 0.411 e. The SMILES string of the molecule is O=C(Nc1cccc(F)c1)OC1CCNC1. The van der Waals surface area contributed by atoms with Crippen LogP contribution in [0.4, 0.5) is 14.9 Å². The zero-order valence-corrected chi connectivity index (χ0v) is 8.70. The van der Waals surface area contributed by atoms with Crippen LogP contribution in [0.15, 0.2) is 24.3 Å². The van der Waals surface area contributed by atoms with Crippen LogP contribution in [0.3, 0.4) is 0 Å². The van der Waals surface area contributed by atoms with Crippen LogP contribution in [-0.4, -0.2) is 25.3 Å². The van der Waals surface area contributed by atoms with E-state index < -0.39 is 6.09 Å². The van der Waals surface area contributed by atoms with Gasteiger partial charge in [-0.2, -0.15) is 0 Å². The van der Waals surface area contributed by atoms with Crippen LogP contribution in [0, 0.1) is 5.82 Å².